The Hall–Kier alpha value is -3.35. The number of para-hydroxylation sites is 1. The van der Waals surface area contributed by atoms with Crippen LogP contribution in [0.3, 0.4) is 0 Å². The highest BCUT2D eigenvalue weighted by atomic mass is 19.4. The summed E-state index contributed by atoms with van der Waals surface area (Å²) in [7, 11) is 0. The van der Waals surface area contributed by atoms with E-state index in [2.05, 4.69) is 14.8 Å². The summed E-state index contributed by atoms with van der Waals surface area (Å²) in [5.74, 6) is -0.295. The quantitative estimate of drug-likeness (QED) is 0.492. The van der Waals surface area contributed by atoms with Crippen LogP contribution in [-0.4, -0.2) is 21.1 Å². The summed E-state index contributed by atoms with van der Waals surface area (Å²) < 4.78 is 42.7. The van der Waals surface area contributed by atoms with Gasteiger partial charge < -0.3 is 4.74 Å². The fraction of sp³-hybridized carbons (Fsp3) is 0.100. The van der Waals surface area contributed by atoms with Gasteiger partial charge in [0.1, 0.15) is 5.75 Å². The summed E-state index contributed by atoms with van der Waals surface area (Å²) in [6.07, 6.45) is -1.38. The molecule has 0 bridgehead atoms. The number of benzene rings is 2. The number of nitrogens with zero attached hydrogens (tertiary/aromatic N) is 3. The van der Waals surface area contributed by atoms with Crippen molar-refractivity contribution in [2.75, 3.05) is 0 Å². The summed E-state index contributed by atoms with van der Waals surface area (Å²) >= 11 is 0. The number of hydrogen-bond donors (Lipinski definition) is 0. The number of fused-ring (bicyclic) bond motifs is 1. The molecule has 0 saturated heterocycles. The van der Waals surface area contributed by atoms with Gasteiger partial charge >= 0.3 is 6.36 Å². The molecule has 27 heavy (non-hydrogen) atoms. The summed E-state index contributed by atoms with van der Waals surface area (Å²) in [5, 5.41) is 5.32. The smallest absolute Gasteiger partial charge is 0.406 e. The zero-order valence-electron chi connectivity index (χ0n) is 14.2. The Morgan fingerprint density at radius 3 is 2.63 bits per heavy atom. The van der Waals surface area contributed by atoms with E-state index in [0.29, 0.717) is 5.69 Å². The molecule has 0 aliphatic carbocycles. The summed E-state index contributed by atoms with van der Waals surface area (Å²) in [6, 6.07) is 15.5. The predicted octanol–water partition coefficient (Wildman–Crippen LogP) is 5.29. The number of aryl methyl sites for hydroxylation is 1. The van der Waals surface area contributed by atoms with E-state index in [9.17, 15) is 13.2 Å². The Kier molecular flexibility index (Phi) is 4.07. The van der Waals surface area contributed by atoms with Crippen LogP contribution in [0.1, 0.15) is 5.56 Å². The van der Waals surface area contributed by atoms with Crippen molar-refractivity contribution in [1.29, 1.82) is 0 Å². The van der Waals surface area contributed by atoms with Crippen LogP contribution in [0.25, 0.3) is 27.8 Å². The summed E-state index contributed by atoms with van der Waals surface area (Å²) in [5.41, 5.74) is 3.94. The van der Waals surface area contributed by atoms with Crippen LogP contribution >= 0.6 is 0 Å². The van der Waals surface area contributed by atoms with Gasteiger partial charge in [-0.15, -0.1) is 13.2 Å². The Bertz CT molecular complexity index is 1120. The molecule has 0 radical (unpaired) electrons. The minimum absolute atomic E-state index is 0.295. The number of alkyl halides is 3. The normalized spacial score (nSPS) is 11.7. The average Bonchev–Trinajstić information content (AvgIpc) is 3.11. The first-order chi connectivity index (χ1) is 12.9. The van der Waals surface area contributed by atoms with Gasteiger partial charge in [0, 0.05) is 23.2 Å². The second-order valence-corrected chi connectivity index (χ2v) is 6.06. The molecule has 4 aromatic rings. The van der Waals surface area contributed by atoms with E-state index in [1.807, 2.05) is 37.3 Å². The lowest BCUT2D eigenvalue weighted by atomic mass is 10.1. The lowest BCUT2D eigenvalue weighted by Gasteiger charge is -2.10. The van der Waals surface area contributed by atoms with Gasteiger partial charge in [0.05, 0.1) is 23.1 Å². The van der Waals surface area contributed by atoms with E-state index in [1.165, 1.54) is 22.9 Å². The largest absolute Gasteiger partial charge is 0.573 e. The molecule has 4 nitrogen and oxygen atoms in total. The molecule has 0 spiro atoms. The number of aromatic nitrogens is 3. The highest BCUT2D eigenvalue weighted by Crippen LogP contribution is 2.27. The lowest BCUT2D eigenvalue weighted by Crippen LogP contribution is -2.17. The maximum Gasteiger partial charge on any atom is 0.573 e. The van der Waals surface area contributed by atoms with Crippen LogP contribution in [0.5, 0.6) is 5.75 Å². The van der Waals surface area contributed by atoms with Crippen molar-refractivity contribution >= 4 is 10.9 Å². The zero-order valence-corrected chi connectivity index (χ0v) is 14.2. The number of hydrogen-bond acceptors (Lipinski definition) is 3. The van der Waals surface area contributed by atoms with Gasteiger partial charge in [0.15, 0.2) is 0 Å². The topological polar surface area (TPSA) is 39.9 Å². The molecule has 0 N–H and O–H groups in total. The third-order valence-corrected chi connectivity index (χ3v) is 4.12. The molecule has 0 unspecified atom stereocenters. The van der Waals surface area contributed by atoms with Crippen molar-refractivity contribution < 1.29 is 17.9 Å². The van der Waals surface area contributed by atoms with E-state index in [0.717, 1.165) is 27.7 Å². The Labute approximate surface area is 152 Å². The van der Waals surface area contributed by atoms with Crippen LogP contribution in [0.2, 0.25) is 0 Å². The molecule has 4 rings (SSSR count). The predicted molar refractivity (Wildman–Crippen MR) is 95.7 cm³/mol. The molecule has 0 saturated carbocycles. The van der Waals surface area contributed by atoms with Crippen LogP contribution in [0.15, 0.2) is 67.0 Å². The fourth-order valence-corrected chi connectivity index (χ4v) is 2.92. The number of pyridine rings is 1. The first-order valence-electron chi connectivity index (χ1n) is 8.17. The molecule has 0 atom stereocenters. The van der Waals surface area contributed by atoms with Gasteiger partial charge in [-0.1, -0.05) is 24.3 Å². The highest BCUT2D eigenvalue weighted by molar-refractivity contribution is 5.84. The molecule has 2 heterocycles. The van der Waals surface area contributed by atoms with Crippen molar-refractivity contribution in [3.63, 3.8) is 0 Å². The van der Waals surface area contributed by atoms with Gasteiger partial charge in [-0.2, -0.15) is 5.10 Å². The average molecular weight is 369 g/mol. The highest BCUT2D eigenvalue weighted by Gasteiger charge is 2.31. The monoisotopic (exact) mass is 369 g/mol. The molecule has 2 aromatic carbocycles. The second-order valence-electron chi connectivity index (χ2n) is 6.06. The van der Waals surface area contributed by atoms with E-state index in [-0.39, 0.29) is 5.75 Å². The van der Waals surface area contributed by atoms with Crippen molar-refractivity contribution in [3.05, 3.63) is 72.6 Å². The molecule has 2 aromatic heterocycles. The summed E-state index contributed by atoms with van der Waals surface area (Å²) in [6.45, 7) is 2.01. The van der Waals surface area contributed by atoms with Crippen molar-refractivity contribution in [2.45, 2.75) is 13.3 Å². The minimum atomic E-state index is -4.74. The van der Waals surface area contributed by atoms with Crippen molar-refractivity contribution in [2.24, 2.45) is 0 Å². The number of ether oxygens (including phenoxy) is 1. The van der Waals surface area contributed by atoms with Gasteiger partial charge in [0.2, 0.25) is 0 Å². The maximum atomic E-state index is 12.4. The molecule has 7 heteroatoms. The van der Waals surface area contributed by atoms with E-state index < -0.39 is 6.36 Å². The van der Waals surface area contributed by atoms with Crippen LogP contribution < -0.4 is 4.74 Å². The Morgan fingerprint density at radius 1 is 1.00 bits per heavy atom. The minimum Gasteiger partial charge on any atom is -0.406 e. The van der Waals surface area contributed by atoms with Crippen LogP contribution in [0, 0.1) is 6.92 Å². The Balaban J connectivity index is 1.69. The Morgan fingerprint density at radius 2 is 1.81 bits per heavy atom. The molecule has 0 aliphatic heterocycles. The van der Waals surface area contributed by atoms with Crippen LogP contribution in [-0.2, 0) is 0 Å². The number of halogens is 3. The van der Waals surface area contributed by atoms with Crippen LogP contribution in [0.4, 0.5) is 13.2 Å². The third kappa shape index (κ3) is 3.62. The summed E-state index contributed by atoms with van der Waals surface area (Å²) in [4.78, 5) is 4.65. The molecule has 0 amide bonds. The van der Waals surface area contributed by atoms with Crippen molar-refractivity contribution in [3.8, 4) is 22.7 Å². The molecular weight excluding hydrogens is 355 g/mol. The standard InChI is InChI=1S/C20H14F3N3O/c1-13-9-19(25-18-8-3-2-7-17(13)18)14-11-24-26(12-14)15-5-4-6-16(10-15)27-20(21,22)23/h2-12H,1H3. The van der Waals surface area contributed by atoms with Gasteiger partial charge in [0.25, 0.3) is 0 Å². The van der Waals surface area contributed by atoms with Gasteiger partial charge in [-0.25, -0.2) is 9.67 Å². The first kappa shape index (κ1) is 17.1. The van der Waals surface area contributed by atoms with Gasteiger partial charge in [-0.05, 0) is 36.8 Å². The van der Waals surface area contributed by atoms with Crippen molar-refractivity contribution in [1.82, 2.24) is 14.8 Å². The third-order valence-electron chi connectivity index (χ3n) is 4.12. The zero-order chi connectivity index (χ0) is 19.0. The molecule has 0 fully saturated rings. The SMILES string of the molecule is Cc1cc(-c2cnn(-c3cccc(OC(F)(F)F)c3)c2)nc2ccccc12. The van der Waals surface area contributed by atoms with Gasteiger partial charge in [-0.3, -0.25) is 0 Å². The number of rotatable bonds is 3. The molecular formula is C20H14F3N3O. The van der Waals surface area contributed by atoms with E-state index >= 15 is 0 Å². The molecule has 136 valence electrons. The van der Waals surface area contributed by atoms with E-state index in [4.69, 9.17) is 0 Å². The fourth-order valence-electron chi connectivity index (χ4n) is 2.92. The second kappa shape index (κ2) is 6.42. The lowest BCUT2D eigenvalue weighted by molar-refractivity contribution is -0.274. The first-order valence-corrected chi connectivity index (χ1v) is 8.17. The maximum absolute atomic E-state index is 12.4. The molecule has 0 aliphatic rings. The van der Waals surface area contributed by atoms with E-state index in [1.54, 1.807) is 18.5 Å².